The van der Waals surface area contributed by atoms with Crippen molar-refractivity contribution >= 4 is 11.9 Å². The number of ether oxygens (including phenoxy) is 1. The summed E-state index contributed by atoms with van der Waals surface area (Å²) in [7, 11) is 1.30. The van der Waals surface area contributed by atoms with Crippen molar-refractivity contribution < 1.29 is 18.7 Å². The molecule has 1 amide bonds. The van der Waals surface area contributed by atoms with Gasteiger partial charge in [0.15, 0.2) is 0 Å². The van der Waals surface area contributed by atoms with E-state index in [-0.39, 0.29) is 17.7 Å². The first-order valence-electron chi connectivity index (χ1n) is 6.62. The summed E-state index contributed by atoms with van der Waals surface area (Å²) in [5, 5.41) is 5.88. The van der Waals surface area contributed by atoms with Gasteiger partial charge in [-0.05, 0) is 25.0 Å². The Bertz CT molecular complexity index is 454. The average molecular weight is 282 g/mol. The van der Waals surface area contributed by atoms with E-state index in [0.717, 1.165) is 0 Å². The predicted octanol–water partition coefficient (Wildman–Crippen LogP) is 1.32. The second-order valence-corrected chi connectivity index (χ2v) is 5.00. The van der Waals surface area contributed by atoms with Crippen LogP contribution in [0.5, 0.6) is 0 Å². The summed E-state index contributed by atoms with van der Waals surface area (Å²) in [5.74, 6) is 0.575. The Hall–Kier alpha value is -1.82. The molecule has 0 radical (unpaired) electrons. The van der Waals surface area contributed by atoms with E-state index >= 15 is 0 Å². The topological polar surface area (TPSA) is 80.6 Å². The molecule has 0 bridgehead atoms. The van der Waals surface area contributed by atoms with Gasteiger partial charge in [0.2, 0.25) is 11.7 Å². The molecule has 0 aliphatic rings. The third-order valence-corrected chi connectivity index (χ3v) is 2.71. The molecule has 0 aliphatic heterocycles. The molecule has 0 aliphatic carbocycles. The Morgan fingerprint density at radius 2 is 2.00 bits per heavy atom. The van der Waals surface area contributed by atoms with E-state index in [2.05, 4.69) is 15.4 Å². The van der Waals surface area contributed by atoms with Crippen LogP contribution in [0, 0.1) is 5.92 Å². The Morgan fingerprint density at radius 1 is 1.30 bits per heavy atom. The molecule has 0 spiro atoms. The van der Waals surface area contributed by atoms with Gasteiger partial charge in [-0.3, -0.25) is 10.1 Å². The van der Waals surface area contributed by atoms with Gasteiger partial charge < -0.3 is 14.5 Å². The van der Waals surface area contributed by atoms with Crippen LogP contribution >= 0.6 is 0 Å². The van der Waals surface area contributed by atoms with Gasteiger partial charge in [0.25, 0.3) is 0 Å². The van der Waals surface area contributed by atoms with Gasteiger partial charge in [-0.15, -0.1) is 0 Å². The zero-order chi connectivity index (χ0) is 15.1. The summed E-state index contributed by atoms with van der Waals surface area (Å²) in [5.41, 5.74) is 0. The van der Waals surface area contributed by atoms with E-state index in [4.69, 9.17) is 4.42 Å². The molecule has 20 heavy (non-hydrogen) atoms. The highest BCUT2D eigenvalue weighted by Crippen LogP contribution is 2.09. The Morgan fingerprint density at radius 3 is 2.60 bits per heavy atom. The van der Waals surface area contributed by atoms with Crippen LogP contribution in [0.25, 0.3) is 0 Å². The molecule has 0 aromatic carbocycles. The second kappa shape index (κ2) is 7.69. The normalized spacial score (nSPS) is 12.2. The molecule has 6 heteroatoms. The number of hydrogen-bond donors (Lipinski definition) is 2. The molecule has 0 saturated heterocycles. The number of nitrogens with one attached hydrogen (secondary N) is 2. The van der Waals surface area contributed by atoms with Crippen LogP contribution in [0.3, 0.4) is 0 Å². The first-order chi connectivity index (χ1) is 9.43. The van der Waals surface area contributed by atoms with Crippen LogP contribution in [-0.2, 0) is 16.1 Å². The molecular formula is C14H22N2O4. The summed E-state index contributed by atoms with van der Waals surface area (Å²) >= 11 is 0. The van der Waals surface area contributed by atoms with Gasteiger partial charge in [0.1, 0.15) is 5.76 Å². The fourth-order valence-corrected chi connectivity index (χ4v) is 1.49. The van der Waals surface area contributed by atoms with Crippen LogP contribution in [0.4, 0.5) is 0 Å². The number of amides is 1. The first kappa shape index (κ1) is 16.2. The maximum atomic E-state index is 11.8. The van der Waals surface area contributed by atoms with Gasteiger partial charge in [-0.1, -0.05) is 13.8 Å². The average Bonchev–Trinajstić information content (AvgIpc) is 2.89. The molecule has 1 aromatic heterocycles. The number of carbonyl (C=O) groups is 2. The number of rotatable bonds is 7. The maximum absolute atomic E-state index is 11.8. The minimum Gasteiger partial charge on any atom is -0.463 e. The van der Waals surface area contributed by atoms with E-state index in [0.29, 0.717) is 24.8 Å². The van der Waals surface area contributed by atoms with Crippen molar-refractivity contribution in [2.24, 2.45) is 5.92 Å². The number of furan rings is 1. The van der Waals surface area contributed by atoms with E-state index < -0.39 is 5.97 Å². The lowest BCUT2D eigenvalue weighted by molar-refractivity contribution is -0.122. The Labute approximate surface area is 118 Å². The van der Waals surface area contributed by atoms with Crippen LogP contribution in [-0.4, -0.2) is 31.6 Å². The molecule has 1 rings (SSSR count). The van der Waals surface area contributed by atoms with Crippen molar-refractivity contribution in [3.05, 3.63) is 23.7 Å². The van der Waals surface area contributed by atoms with Crippen molar-refractivity contribution in [2.75, 3.05) is 13.7 Å². The number of hydrogen-bond acceptors (Lipinski definition) is 5. The van der Waals surface area contributed by atoms with Gasteiger partial charge in [0.05, 0.1) is 19.7 Å². The summed E-state index contributed by atoms with van der Waals surface area (Å²) in [6.45, 7) is 6.87. The van der Waals surface area contributed by atoms with Crippen molar-refractivity contribution in [3.8, 4) is 0 Å². The van der Waals surface area contributed by atoms with Crippen molar-refractivity contribution in [1.29, 1.82) is 0 Å². The SMILES string of the molecule is COC(=O)c1ccc(CNC(C)C(=O)NCC(C)C)o1. The lowest BCUT2D eigenvalue weighted by Crippen LogP contribution is -2.42. The van der Waals surface area contributed by atoms with Crippen LogP contribution in [0.15, 0.2) is 16.5 Å². The van der Waals surface area contributed by atoms with Gasteiger partial charge in [0, 0.05) is 6.54 Å². The third-order valence-electron chi connectivity index (χ3n) is 2.71. The third kappa shape index (κ3) is 5.05. The highest BCUT2D eigenvalue weighted by Gasteiger charge is 2.14. The van der Waals surface area contributed by atoms with E-state index in [1.54, 1.807) is 19.1 Å². The van der Waals surface area contributed by atoms with Crippen LogP contribution in [0.1, 0.15) is 37.1 Å². The Kier molecular flexibility index (Phi) is 6.24. The quantitative estimate of drug-likeness (QED) is 0.737. The minimum atomic E-state index is -0.515. The summed E-state index contributed by atoms with van der Waals surface area (Å²) in [4.78, 5) is 23.0. The molecule has 6 nitrogen and oxygen atoms in total. The van der Waals surface area contributed by atoms with E-state index in [1.165, 1.54) is 7.11 Å². The number of esters is 1. The highest BCUT2D eigenvalue weighted by molar-refractivity contribution is 5.86. The Balaban J connectivity index is 2.40. The number of carbonyl (C=O) groups excluding carboxylic acids is 2. The molecular weight excluding hydrogens is 260 g/mol. The maximum Gasteiger partial charge on any atom is 0.373 e. The molecule has 1 heterocycles. The molecule has 112 valence electrons. The summed E-state index contributed by atoms with van der Waals surface area (Å²) < 4.78 is 9.85. The van der Waals surface area contributed by atoms with Crippen LogP contribution < -0.4 is 10.6 Å². The fraction of sp³-hybridized carbons (Fsp3) is 0.571. The molecule has 1 aromatic rings. The van der Waals surface area contributed by atoms with Gasteiger partial charge in [-0.25, -0.2) is 4.79 Å². The molecule has 2 N–H and O–H groups in total. The molecule has 0 saturated carbocycles. The first-order valence-corrected chi connectivity index (χ1v) is 6.62. The predicted molar refractivity (Wildman–Crippen MR) is 74.2 cm³/mol. The van der Waals surface area contributed by atoms with Gasteiger partial charge >= 0.3 is 5.97 Å². The lowest BCUT2D eigenvalue weighted by atomic mass is 10.2. The standard InChI is InChI=1S/C14H22N2O4/c1-9(2)7-16-13(17)10(3)15-8-11-5-6-12(20-11)14(18)19-4/h5-6,9-10,15H,7-8H2,1-4H3,(H,16,17). The summed E-state index contributed by atoms with van der Waals surface area (Å²) in [6.07, 6.45) is 0. The van der Waals surface area contributed by atoms with Crippen molar-refractivity contribution in [3.63, 3.8) is 0 Å². The van der Waals surface area contributed by atoms with Gasteiger partial charge in [-0.2, -0.15) is 0 Å². The van der Waals surface area contributed by atoms with Crippen molar-refractivity contribution in [1.82, 2.24) is 10.6 Å². The zero-order valence-electron chi connectivity index (χ0n) is 12.4. The fourth-order valence-electron chi connectivity index (χ4n) is 1.49. The molecule has 1 atom stereocenters. The monoisotopic (exact) mass is 282 g/mol. The minimum absolute atomic E-state index is 0.0570. The van der Waals surface area contributed by atoms with Crippen LogP contribution in [0.2, 0.25) is 0 Å². The van der Waals surface area contributed by atoms with E-state index in [1.807, 2.05) is 13.8 Å². The lowest BCUT2D eigenvalue weighted by Gasteiger charge is -2.14. The molecule has 1 unspecified atom stereocenters. The number of methoxy groups -OCH3 is 1. The van der Waals surface area contributed by atoms with Crippen molar-refractivity contribution in [2.45, 2.75) is 33.4 Å². The zero-order valence-corrected chi connectivity index (χ0v) is 12.4. The largest absolute Gasteiger partial charge is 0.463 e. The highest BCUT2D eigenvalue weighted by atomic mass is 16.5. The smallest absolute Gasteiger partial charge is 0.373 e. The summed E-state index contributed by atoms with van der Waals surface area (Å²) in [6, 6.07) is 2.89. The van der Waals surface area contributed by atoms with E-state index in [9.17, 15) is 9.59 Å². The molecule has 0 fully saturated rings. The second-order valence-electron chi connectivity index (χ2n) is 5.00.